The molecule has 3 rings (SSSR count). The molecule has 2 aliphatic rings. The quantitative estimate of drug-likeness (QED) is 0.923. The predicted molar refractivity (Wildman–Crippen MR) is 88.2 cm³/mol. The molecule has 2 N–H and O–H groups in total. The number of fused-ring (bicyclic) bond motifs is 1. The molecule has 2 aliphatic heterocycles. The van der Waals surface area contributed by atoms with Crippen LogP contribution in [0, 0.1) is 5.92 Å². The number of hydrogen-bond acceptors (Lipinski definition) is 3. The fourth-order valence-electron chi connectivity index (χ4n) is 3.97. The van der Waals surface area contributed by atoms with Crippen molar-refractivity contribution in [2.75, 3.05) is 32.7 Å². The molecule has 0 radical (unpaired) electrons. The summed E-state index contributed by atoms with van der Waals surface area (Å²) in [5.41, 5.74) is 7.73. The zero-order valence-corrected chi connectivity index (χ0v) is 13.2. The van der Waals surface area contributed by atoms with Crippen molar-refractivity contribution in [3.63, 3.8) is 0 Å². The first-order chi connectivity index (χ1) is 10.2. The number of nitrogens with zero attached hydrogens (tertiary/aromatic N) is 2. The van der Waals surface area contributed by atoms with E-state index in [9.17, 15) is 0 Å². The molecule has 3 nitrogen and oxygen atoms in total. The molecular weight excluding hydrogens is 258 g/mol. The van der Waals surface area contributed by atoms with Crippen molar-refractivity contribution >= 4 is 0 Å². The molecule has 0 aromatic heterocycles. The van der Waals surface area contributed by atoms with Crippen LogP contribution in [0.2, 0.25) is 0 Å². The van der Waals surface area contributed by atoms with Crippen LogP contribution in [0.15, 0.2) is 30.3 Å². The molecule has 0 saturated carbocycles. The van der Waals surface area contributed by atoms with Crippen molar-refractivity contribution in [1.82, 2.24) is 9.80 Å². The van der Waals surface area contributed by atoms with Crippen LogP contribution in [0.25, 0.3) is 0 Å². The summed E-state index contributed by atoms with van der Waals surface area (Å²) in [7, 11) is 0. The third-order valence-electron chi connectivity index (χ3n) is 5.23. The van der Waals surface area contributed by atoms with E-state index in [-0.39, 0.29) is 6.04 Å². The van der Waals surface area contributed by atoms with Gasteiger partial charge >= 0.3 is 0 Å². The van der Waals surface area contributed by atoms with Gasteiger partial charge in [0.1, 0.15) is 0 Å². The summed E-state index contributed by atoms with van der Waals surface area (Å²) >= 11 is 0. The smallest absolute Gasteiger partial charge is 0.0333 e. The summed E-state index contributed by atoms with van der Waals surface area (Å²) < 4.78 is 0. The van der Waals surface area contributed by atoms with E-state index >= 15 is 0 Å². The largest absolute Gasteiger partial charge is 0.324 e. The van der Waals surface area contributed by atoms with Gasteiger partial charge in [0.2, 0.25) is 0 Å². The van der Waals surface area contributed by atoms with Crippen LogP contribution in [0.1, 0.15) is 37.8 Å². The van der Waals surface area contributed by atoms with Crippen molar-refractivity contribution in [1.29, 1.82) is 0 Å². The van der Waals surface area contributed by atoms with Crippen LogP contribution in [-0.2, 0) is 0 Å². The second-order valence-corrected chi connectivity index (χ2v) is 6.86. The first-order valence-corrected chi connectivity index (χ1v) is 8.51. The fraction of sp³-hybridized carbons (Fsp3) is 0.667. The van der Waals surface area contributed by atoms with Crippen molar-refractivity contribution in [2.24, 2.45) is 11.7 Å². The van der Waals surface area contributed by atoms with E-state index in [1.54, 1.807) is 0 Å². The molecule has 0 amide bonds. The Bertz CT molecular complexity index is 433. The van der Waals surface area contributed by atoms with E-state index < -0.39 is 0 Å². The van der Waals surface area contributed by atoms with Crippen molar-refractivity contribution in [3.05, 3.63) is 35.9 Å². The highest BCUT2D eigenvalue weighted by Gasteiger charge is 2.29. The third kappa shape index (κ3) is 3.65. The topological polar surface area (TPSA) is 32.5 Å². The van der Waals surface area contributed by atoms with E-state index in [1.165, 1.54) is 51.0 Å². The molecule has 2 saturated heterocycles. The standard InChI is InChI=1S/C18H29N3/c1-15(18(19)16-7-3-2-4-8-16)13-20-10-6-12-21-11-5-9-17(21)14-20/h2-4,7-8,15,17-18H,5-6,9-14,19H2,1H3. The van der Waals surface area contributed by atoms with E-state index in [2.05, 4.69) is 47.1 Å². The van der Waals surface area contributed by atoms with Gasteiger partial charge in [-0.15, -0.1) is 0 Å². The molecule has 2 fully saturated rings. The summed E-state index contributed by atoms with van der Waals surface area (Å²) in [4.78, 5) is 5.35. The van der Waals surface area contributed by atoms with E-state index in [0.717, 1.165) is 12.6 Å². The Hall–Kier alpha value is -0.900. The van der Waals surface area contributed by atoms with Gasteiger partial charge in [-0.25, -0.2) is 0 Å². The summed E-state index contributed by atoms with van der Waals surface area (Å²) in [6.45, 7) is 8.51. The average molecular weight is 287 g/mol. The molecule has 0 aliphatic carbocycles. The number of hydrogen-bond donors (Lipinski definition) is 1. The Morgan fingerprint density at radius 3 is 2.71 bits per heavy atom. The van der Waals surface area contributed by atoms with Gasteiger partial charge in [-0.1, -0.05) is 37.3 Å². The lowest BCUT2D eigenvalue weighted by molar-refractivity contribution is 0.194. The minimum absolute atomic E-state index is 0.147. The third-order valence-corrected chi connectivity index (χ3v) is 5.23. The zero-order valence-electron chi connectivity index (χ0n) is 13.2. The Balaban J connectivity index is 1.57. The van der Waals surface area contributed by atoms with Gasteiger partial charge in [-0.3, -0.25) is 4.90 Å². The van der Waals surface area contributed by atoms with Gasteiger partial charge in [0, 0.05) is 25.2 Å². The maximum Gasteiger partial charge on any atom is 0.0333 e. The van der Waals surface area contributed by atoms with Crippen LogP contribution in [-0.4, -0.2) is 48.6 Å². The molecule has 3 atom stereocenters. The lowest BCUT2D eigenvalue weighted by Gasteiger charge is -2.30. The van der Waals surface area contributed by atoms with E-state index in [4.69, 9.17) is 5.73 Å². The highest BCUT2D eigenvalue weighted by Crippen LogP contribution is 2.24. The number of benzene rings is 1. The maximum absolute atomic E-state index is 6.46. The van der Waals surface area contributed by atoms with Gasteiger partial charge in [-0.05, 0) is 50.4 Å². The molecule has 1 aromatic carbocycles. The minimum atomic E-state index is 0.147. The summed E-state index contributed by atoms with van der Waals surface area (Å²) in [5, 5.41) is 0. The first kappa shape index (κ1) is 15.0. The highest BCUT2D eigenvalue weighted by atomic mass is 15.3. The fourth-order valence-corrected chi connectivity index (χ4v) is 3.97. The Labute approximate surface area is 129 Å². The number of rotatable bonds is 4. The highest BCUT2D eigenvalue weighted by molar-refractivity contribution is 5.19. The molecular formula is C18H29N3. The number of nitrogens with two attached hydrogens (primary N) is 1. The monoisotopic (exact) mass is 287 g/mol. The van der Waals surface area contributed by atoms with E-state index in [1.807, 2.05) is 0 Å². The molecule has 2 heterocycles. The Morgan fingerprint density at radius 2 is 1.90 bits per heavy atom. The first-order valence-electron chi connectivity index (χ1n) is 8.51. The van der Waals surface area contributed by atoms with Crippen LogP contribution in [0.3, 0.4) is 0 Å². The van der Waals surface area contributed by atoms with Crippen LogP contribution < -0.4 is 5.73 Å². The molecule has 1 aromatic rings. The second-order valence-electron chi connectivity index (χ2n) is 6.86. The van der Waals surface area contributed by atoms with Crippen molar-refractivity contribution in [2.45, 2.75) is 38.3 Å². The lowest BCUT2D eigenvalue weighted by atomic mass is 9.94. The van der Waals surface area contributed by atoms with Gasteiger partial charge in [0.25, 0.3) is 0 Å². The normalized spacial score (nSPS) is 27.0. The molecule has 0 spiro atoms. The van der Waals surface area contributed by atoms with Gasteiger partial charge < -0.3 is 10.6 Å². The second kappa shape index (κ2) is 6.91. The van der Waals surface area contributed by atoms with Crippen molar-refractivity contribution < 1.29 is 0 Å². The summed E-state index contributed by atoms with van der Waals surface area (Å²) in [6.07, 6.45) is 4.08. The summed E-state index contributed by atoms with van der Waals surface area (Å²) in [6, 6.07) is 11.5. The SMILES string of the molecule is CC(CN1CCCN2CCCC2C1)C(N)c1ccccc1. The average Bonchev–Trinajstić information content (AvgIpc) is 2.86. The minimum Gasteiger partial charge on any atom is -0.324 e. The molecule has 0 bridgehead atoms. The Morgan fingerprint density at radius 1 is 1.14 bits per heavy atom. The molecule has 116 valence electrons. The van der Waals surface area contributed by atoms with Crippen LogP contribution >= 0.6 is 0 Å². The predicted octanol–water partition coefficient (Wildman–Crippen LogP) is 2.49. The molecule has 21 heavy (non-hydrogen) atoms. The van der Waals surface area contributed by atoms with E-state index in [0.29, 0.717) is 5.92 Å². The molecule has 3 unspecified atom stereocenters. The van der Waals surface area contributed by atoms with Gasteiger partial charge in [-0.2, -0.15) is 0 Å². The van der Waals surface area contributed by atoms with Gasteiger partial charge in [0.15, 0.2) is 0 Å². The summed E-state index contributed by atoms with van der Waals surface area (Å²) in [5.74, 6) is 0.500. The van der Waals surface area contributed by atoms with Crippen LogP contribution in [0.5, 0.6) is 0 Å². The molecule has 3 heteroatoms. The Kier molecular flexibility index (Phi) is 4.94. The zero-order chi connectivity index (χ0) is 14.7. The van der Waals surface area contributed by atoms with Crippen LogP contribution in [0.4, 0.5) is 0 Å². The maximum atomic E-state index is 6.46. The van der Waals surface area contributed by atoms with Crippen molar-refractivity contribution in [3.8, 4) is 0 Å². The van der Waals surface area contributed by atoms with Gasteiger partial charge in [0.05, 0.1) is 0 Å². The lowest BCUT2D eigenvalue weighted by Crippen LogP contribution is -2.40.